The molecule has 23 heavy (non-hydrogen) atoms. The fourth-order valence-electron chi connectivity index (χ4n) is 3.14. The Morgan fingerprint density at radius 2 is 2.17 bits per heavy atom. The predicted octanol–water partition coefficient (Wildman–Crippen LogP) is 2.14. The summed E-state index contributed by atoms with van der Waals surface area (Å²) in [5.74, 6) is -1.34. The van der Waals surface area contributed by atoms with Crippen LogP contribution in [0, 0.1) is 11.6 Å². The molecule has 0 amide bonds. The van der Waals surface area contributed by atoms with Gasteiger partial charge in [0.2, 0.25) is 0 Å². The zero-order chi connectivity index (χ0) is 16.2. The van der Waals surface area contributed by atoms with Crippen molar-refractivity contribution in [2.45, 2.75) is 38.0 Å². The summed E-state index contributed by atoms with van der Waals surface area (Å²) in [6.45, 7) is 1.86. The first-order valence-corrected chi connectivity index (χ1v) is 7.83. The Labute approximate surface area is 133 Å². The van der Waals surface area contributed by atoms with Crippen molar-refractivity contribution in [1.29, 1.82) is 0 Å². The van der Waals surface area contributed by atoms with Crippen LogP contribution >= 0.6 is 0 Å². The van der Waals surface area contributed by atoms with E-state index in [-0.39, 0.29) is 11.6 Å². The van der Waals surface area contributed by atoms with Crippen molar-refractivity contribution in [1.82, 2.24) is 19.7 Å². The quantitative estimate of drug-likeness (QED) is 0.916. The van der Waals surface area contributed by atoms with Crippen LogP contribution in [0.2, 0.25) is 0 Å². The van der Waals surface area contributed by atoms with Crippen molar-refractivity contribution < 1.29 is 13.9 Å². The van der Waals surface area contributed by atoms with E-state index in [4.69, 9.17) is 0 Å². The van der Waals surface area contributed by atoms with Crippen LogP contribution in [0.5, 0.6) is 0 Å². The fourth-order valence-corrected chi connectivity index (χ4v) is 3.14. The first-order valence-electron chi connectivity index (χ1n) is 7.83. The lowest BCUT2D eigenvalue weighted by molar-refractivity contribution is 0.0574. The first-order chi connectivity index (χ1) is 11.1. The van der Waals surface area contributed by atoms with Gasteiger partial charge in [-0.1, -0.05) is 12.5 Å². The molecule has 5 nitrogen and oxygen atoms in total. The molecule has 7 heteroatoms. The fraction of sp³-hybridized carbons (Fsp3) is 0.500. The maximum atomic E-state index is 13.8. The van der Waals surface area contributed by atoms with Gasteiger partial charge in [0.05, 0.1) is 12.6 Å². The first kappa shape index (κ1) is 16.0. The molecule has 0 bridgehead atoms. The minimum Gasteiger partial charge on any atom is -0.387 e. The molecule has 1 saturated heterocycles. The molecule has 1 aromatic heterocycles. The van der Waals surface area contributed by atoms with Crippen LogP contribution in [0.1, 0.15) is 30.9 Å². The number of β-amino-alcohol motifs (C(OH)–C–C–N with tert-alkyl or cyclic N) is 1. The van der Waals surface area contributed by atoms with E-state index < -0.39 is 17.7 Å². The molecule has 0 radical (unpaired) electrons. The summed E-state index contributed by atoms with van der Waals surface area (Å²) in [6, 6.07) is 3.52. The Bertz CT molecular complexity index is 635. The van der Waals surface area contributed by atoms with Gasteiger partial charge in [0.25, 0.3) is 0 Å². The monoisotopic (exact) mass is 322 g/mol. The van der Waals surface area contributed by atoms with Crippen molar-refractivity contribution >= 4 is 0 Å². The van der Waals surface area contributed by atoms with Crippen LogP contribution in [0.4, 0.5) is 8.78 Å². The van der Waals surface area contributed by atoms with E-state index >= 15 is 0 Å². The summed E-state index contributed by atoms with van der Waals surface area (Å²) in [6.07, 6.45) is 5.35. The third kappa shape index (κ3) is 3.92. The van der Waals surface area contributed by atoms with E-state index in [0.29, 0.717) is 13.1 Å². The van der Waals surface area contributed by atoms with Crippen molar-refractivity contribution in [3.05, 3.63) is 48.1 Å². The van der Waals surface area contributed by atoms with Gasteiger partial charge in [0, 0.05) is 24.2 Å². The summed E-state index contributed by atoms with van der Waals surface area (Å²) in [7, 11) is 0. The predicted molar refractivity (Wildman–Crippen MR) is 80.6 cm³/mol. The van der Waals surface area contributed by atoms with Crippen molar-refractivity contribution in [2.75, 3.05) is 13.1 Å². The second-order valence-corrected chi connectivity index (χ2v) is 5.94. The molecule has 1 aliphatic rings. The molecule has 2 aromatic rings. The number of nitrogens with zero attached hydrogens (tertiary/aromatic N) is 4. The smallest absolute Gasteiger partial charge is 0.137 e. The lowest BCUT2D eigenvalue weighted by Crippen LogP contribution is -2.44. The number of hydrogen-bond donors (Lipinski definition) is 1. The lowest BCUT2D eigenvalue weighted by atomic mass is 10.00. The van der Waals surface area contributed by atoms with Crippen molar-refractivity contribution in [3.63, 3.8) is 0 Å². The zero-order valence-electron chi connectivity index (χ0n) is 12.8. The minimum absolute atomic E-state index is 0.136. The summed E-state index contributed by atoms with van der Waals surface area (Å²) < 4.78 is 28.6. The number of aromatic nitrogens is 3. The SMILES string of the molecule is O[C@H](CN1CCCC[C@H]1Cn1cncn1)c1ccc(F)cc1F. The van der Waals surface area contributed by atoms with Crippen LogP contribution < -0.4 is 0 Å². The van der Waals surface area contributed by atoms with Gasteiger partial charge in [0.15, 0.2) is 0 Å². The molecule has 124 valence electrons. The Hall–Kier alpha value is -1.86. The maximum absolute atomic E-state index is 13.8. The second kappa shape index (κ2) is 7.14. The highest BCUT2D eigenvalue weighted by Crippen LogP contribution is 2.24. The van der Waals surface area contributed by atoms with E-state index in [9.17, 15) is 13.9 Å². The number of likely N-dealkylation sites (tertiary alicyclic amines) is 1. The molecule has 3 rings (SSSR count). The minimum atomic E-state index is -0.980. The van der Waals surface area contributed by atoms with Crippen LogP contribution in [0.3, 0.4) is 0 Å². The van der Waals surface area contributed by atoms with Crippen LogP contribution in [-0.2, 0) is 6.54 Å². The van der Waals surface area contributed by atoms with Crippen molar-refractivity contribution in [2.24, 2.45) is 0 Å². The Balaban J connectivity index is 1.68. The van der Waals surface area contributed by atoms with E-state index in [1.165, 1.54) is 18.5 Å². The second-order valence-electron chi connectivity index (χ2n) is 5.94. The highest BCUT2D eigenvalue weighted by Gasteiger charge is 2.26. The van der Waals surface area contributed by atoms with Gasteiger partial charge >= 0.3 is 0 Å². The van der Waals surface area contributed by atoms with E-state index in [1.54, 1.807) is 11.0 Å². The van der Waals surface area contributed by atoms with Crippen molar-refractivity contribution in [3.8, 4) is 0 Å². The molecular weight excluding hydrogens is 302 g/mol. The van der Waals surface area contributed by atoms with Gasteiger partial charge in [-0.25, -0.2) is 13.8 Å². The molecule has 2 heterocycles. The van der Waals surface area contributed by atoms with E-state index in [1.807, 2.05) is 0 Å². The van der Waals surface area contributed by atoms with Crippen LogP contribution in [0.25, 0.3) is 0 Å². The largest absolute Gasteiger partial charge is 0.387 e. The van der Waals surface area contributed by atoms with Crippen LogP contribution in [-0.4, -0.2) is 43.9 Å². The molecule has 0 aliphatic carbocycles. The van der Waals surface area contributed by atoms with Crippen LogP contribution in [0.15, 0.2) is 30.9 Å². The number of halogens is 2. The zero-order valence-corrected chi connectivity index (χ0v) is 12.8. The molecule has 0 saturated carbocycles. The third-order valence-corrected chi connectivity index (χ3v) is 4.34. The molecule has 2 atom stereocenters. The lowest BCUT2D eigenvalue weighted by Gasteiger charge is -2.36. The van der Waals surface area contributed by atoms with Gasteiger partial charge in [0.1, 0.15) is 24.3 Å². The maximum Gasteiger partial charge on any atom is 0.137 e. The van der Waals surface area contributed by atoms with Gasteiger partial charge in [-0.05, 0) is 25.5 Å². The number of rotatable bonds is 5. The molecule has 0 unspecified atom stereocenters. The Morgan fingerprint density at radius 1 is 1.30 bits per heavy atom. The summed E-state index contributed by atoms with van der Waals surface area (Å²) in [4.78, 5) is 6.09. The Kier molecular flexibility index (Phi) is 4.97. The standard InChI is InChI=1S/C16H20F2N4O/c17-12-4-5-14(15(18)7-12)16(23)9-21-6-2-1-3-13(21)8-22-11-19-10-20-22/h4-5,7,10-11,13,16,23H,1-3,6,8-9H2/t13-,16+/m0/s1. The highest BCUT2D eigenvalue weighted by molar-refractivity contribution is 5.21. The number of benzene rings is 1. The van der Waals surface area contributed by atoms with Gasteiger partial charge < -0.3 is 5.11 Å². The number of aliphatic hydroxyl groups is 1. The molecule has 0 spiro atoms. The highest BCUT2D eigenvalue weighted by atomic mass is 19.1. The summed E-state index contributed by atoms with van der Waals surface area (Å²) in [5, 5.41) is 14.5. The molecule has 1 aromatic carbocycles. The number of hydrogen-bond acceptors (Lipinski definition) is 4. The molecule has 1 aliphatic heterocycles. The third-order valence-electron chi connectivity index (χ3n) is 4.34. The summed E-state index contributed by atoms with van der Waals surface area (Å²) >= 11 is 0. The normalized spacial score (nSPS) is 20.6. The average Bonchev–Trinajstić information content (AvgIpc) is 3.02. The number of piperidine rings is 1. The van der Waals surface area contributed by atoms with E-state index in [0.717, 1.165) is 31.9 Å². The molecule has 1 N–H and O–H groups in total. The Morgan fingerprint density at radius 3 is 2.91 bits per heavy atom. The number of aliphatic hydroxyl groups excluding tert-OH is 1. The van der Waals surface area contributed by atoms with Gasteiger partial charge in [-0.15, -0.1) is 0 Å². The average molecular weight is 322 g/mol. The molecular formula is C16H20F2N4O. The molecule has 1 fully saturated rings. The topological polar surface area (TPSA) is 54.2 Å². The van der Waals surface area contributed by atoms with Gasteiger partial charge in [-0.3, -0.25) is 9.58 Å². The van der Waals surface area contributed by atoms with Gasteiger partial charge in [-0.2, -0.15) is 5.10 Å². The van der Waals surface area contributed by atoms with E-state index in [2.05, 4.69) is 15.0 Å². The summed E-state index contributed by atoms with van der Waals surface area (Å²) in [5.41, 5.74) is 0.136.